The molecule has 36 heavy (non-hydrogen) atoms. The van der Waals surface area contributed by atoms with E-state index in [0.717, 1.165) is 10.5 Å². The van der Waals surface area contributed by atoms with Crippen molar-refractivity contribution in [2.45, 2.75) is 6.92 Å². The lowest BCUT2D eigenvalue weighted by molar-refractivity contribution is -0.122. The Labute approximate surface area is 223 Å². The summed E-state index contributed by atoms with van der Waals surface area (Å²) in [6, 6.07) is 18.2. The topological polar surface area (TPSA) is 105 Å². The third-order valence-electron chi connectivity index (χ3n) is 5.10. The molecule has 1 saturated heterocycles. The Morgan fingerprint density at radius 2 is 1.69 bits per heavy atom. The van der Waals surface area contributed by atoms with Crippen LogP contribution < -0.4 is 20.3 Å². The number of benzene rings is 3. The lowest BCUT2D eigenvalue weighted by atomic mass is 10.1. The third kappa shape index (κ3) is 5.72. The van der Waals surface area contributed by atoms with Crippen molar-refractivity contribution in [2.75, 3.05) is 16.8 Å². The van der Waals surface area contributed by atoms with Crippen molar-refractivity contribution in [3.8, 4) is 5.75 Å². The van der Waals surface area contributed by atoms with E-state index in [1.807, 2.05) is 25.1 Å². The minimum atomic E-state index is -0.816. The van der Waals surface area contributed by atoms with Gasteiger partial charge in [0.25, 0.3) is 17.7 Å². The summed E-state index contributed by atoms with van der Waals surface area (Å²) in [6.07, 6.45) is 1.38. The van der Waals surface area contributed by atoms with Crippen molar-refractivity contribution in [2.24, 2.45) is 0 Å². The van der Waals surface area contributed by atoms with Gasteiger partial charge in [-0.1, -0.05) is 30.3 Å². The van der Waals surface area contributed by atoms with Gasteiger partial charge in [-0.25, -0.2) is 9.69 Å². The maximum atomic E-state index is 13.0. The van der Waals surface area contributed by atoms with E-state index in [1.54, 1.807) is 48.5 Å². The molecule has 1 aliphatic rings. The maximum absolute atomic E-state index is 13.0. The summed E-state index contributed by atoms with van der Waals surface area (Å²) in [4.78, 5) is 51.0. The molecular formula is C26H19Br2N3O5. The molecule has 0 unspecified atom stereocenters. The van der Waals surface area contributed by atoms with Crippen LogP contribution in [-0.2, 0) is 14.4 Å². The maximum Gasteiger partial charge on any atom is 0.335 e. The molecule has 3 aromatic carbocycles. The van der Waals surface area contributed by atoms with Crippen LogP contribution in [0.5, 0.6) is 5.75 Å². The van der Waals surface area contributed by atoms with Gasteiger partial charge in [0.2, 0.25) is 0 Å². The zero-order chi connectivity index (χ0) is 25.8. The number of nitrogens with zero attached hydrogens (tertiary/aromatic N) is 1. The monoisotopic (exact) mass is 611 g/mol. The van der Waals surface area contributed by atoms with E-state index < -0.39 is 17.8 Å². The highest BCUT2D eigenvalue weighted by Gasteiger charge is 2.36. The fraction of sp³-hybridized carbons (Fsp3) is 0.0769. The number of imide groups is 2. The summed E-state index contributed by atoms with van der Waals surface area (Å²) in [5.41, 5.74) is 2.32. The van der Waals surface area contributed by atoms with Crippen LogP contribution in [0.3, 0.4) is 0 Å². The van der Waals surface area contributed by atoms with E-state index in [-0.39, 0.29) is 18.1 Å². The number of hydrogen-bond acceptors (Lipinski definition) is 5. The quantitative estimate of drug-likeness (QED) is 0.294. The van der Waals surface area contributed by atoms with E-state index >= 15 is 0 Å². The molecule has 0 aliphatic carbocycles. The van der Waals surface area contributed by atoms with Gasteiger partial charge < -0.3 is 10.1 Å². The van der Waals surface area contributed by atoms with Crippen molar-refractivity contribution in [3.05, 3.63) is 92.4 Å². The van der Waals surface area contributed by atoms with E-state index in [2.05, 4.69) is 42.5 Å². The number of carbonyl (C=O) groups excluding carboxylic acids is 4. The fourth-order valence-electron chi connectivity index (χ4n) is 3.49. The molecule has 4 rings (SSSR count). The average molecular weight is 613 g/mol. The number of carbonyl (C=O) groups is 4. The van der Waals surface area contributed by atoms with Gasteiger partial charge in [0, 0.05) is 5.69 Å². The first-order chi connectivity index (χ1) is 17.2. The number of urea groups is 1. The summed E-state index contributed by atoms with van der Waals surface area (Å²) in [6.45, 7) is 1.69. The molecule has 1 aliphatic heterocycles. The number of barbiturate groups is 1. The predicted octanol–water partition coefficient (Wildman–Crippen LogP) is 5.20. The van der Waals surface area contributed by atoms with Crippen LogP contribution in [-0.4, -0.2) is 30.4 Å². The van der Waals surface area contributed by atoms with Gasteiger partial charge in [0.1, 0.15) is 11.3 Å². The SMILES string of the molecule is Cc1cccc(NC(=O)COc2c(Br)cc(/C=C3/C(=O)NC(=O)N(c4ccccc4)C3=O)cc2Br)c1. The molecule has 1 fully saturated rings. The van der Waals surface area contributed by atoms with Gasteiger partial charge in [0.15, 0.2) is 6.61 Å². The lowest BCUT2D eigenvalue weighted by Crippen LogP contribution is -2.54. The van der Waals surface area contributed by atoms with Crippen molar-refractivity contribution >= 4 is 73.1 Å². The normalized spacial score (nSPS) is 14.6. The average Bonchev–Trinajstić information content (AvgIpc) is 2.82. The van der Waals surface area contributed by atoms with Crippen LogP contribution in [0, 0.1) is 6.92 Å². The Morgan fingerprint density at radius 1 is 1.00 bits per heavy atom. The van der Waals surface area contributed by atoms with Crippen LogP contribution in [0.2, 0.25) is 0 Å². The molecule has 0 radical (unpaired) electrons. The molecule has 8 nitrogen and oxygen atoms in total. The standard InChI is InChI=1S/C26H19Br2N3O5/c1-15-6-5-7-17(10-15)29-22(32)14-36-23-20(27)12-16(13-21(23)28)11-19-24(33)30-26(35)31(25(19)34)18-8-3-2-4-9-18/h2-13H,14H2,1H3,(H,29,32)(H,30,33,35)/b19-11-. The number of halogens is 2. The Hall–Kier alpha value is -3.76. The van der Waals surface area contributed by atoms with Crippen LogP contribution in [0.25, 0.3) is 6.08 Å². The van der Waals surface area contributed by atoms with E-state index in [4.69, 9.17) is 4.74 Å². The van der Waals surface area contributed by atoms with Gasteiger partial charge in [-0.15, -0.1) is 0 Å². The number of amides is 5. The Morgan fingerprint density at radius 3 is 2.36 bits per heavy atom. The number of hydrogen-bond donors (Lipinski definition) is 2. The molecule has 0 saturated carbocycles. The molecule has 10 heteroatoms. The molecule has 3 aromatic rings. The van der Waals surface area contributed by atoms with Crippen LogP contribution >= 0.6 is 31.9 Å². The summed E-state index contributed by atoms with van der Waals surface area (Å²) < 4.78 is 6.67. The number of aryl methyl sites for hydroxylation is 1. The van der Waals surface area contributed by atoms with Crippen LogP contribution in [0.15, 0.2) is 81.2 Å². The summed E-state index contributed by atoms with van der Waals surface area (Å²) in [5.74, 6) is -1.49. The van der Waals surface area contributed by atoms with Crippen LogP contribution in [0.4, 0.5) is 16.2 Å². The van der Waals surface area contributed by atoms with E-state index in [9.17, 15) is 19.2 Å². The third-order valence-corrected chi connectivity index (χ3v) is 6.28. The molecule has 0 aromatic heterocycles. The van der Waals surface area contributed by atoms with Gasteiger partial charge in [0.05, 0.1) is 14.6 Å². The first-order valence-corrected chi connectivity index (χ1v) is 12.3. The number of rotatable bonds is 6. The molecular weight excluding hydrogens is 594 g/mol. The highest BCUT2D eigenvalue weighted by Crippen LogP contribution is 2.36. The van der Waals surface area contributed by atoms with E-state index in [1.165, 1.54) is 6.08 Å². The molecule has 182 valence electrons. The van der Waals surface area contributed by atoms with Gasteiger partial charge in [-0.2, -0.15) is 0 Å². The first kappa shape index (κ1) is 25.3. The zero-order valence-electron chi connectivity index (χ0n) is 18.9. The van der Waals surface area contributed by atoms with Gasteiger partial charge in [-0.05, 0) is 92.4 Å². The minimum Gasteiger partial charge on any atom is -0.481 e. The van der Waals surface area contributed by atoms with Crippen molar-refractivity contribution in [1.82, 2.24) is 5.32 Å². The Balaban J connectivity index is 1.51. The molecule has 0 bridgehead atoms. The Kier molecular flexibility index (Phi) is 7.66. The second-order valence-electron chi connectivity index (χ2n) is 7.81. The smallest absolute Gasteiger partial charge is 0.335 e. The van der Waals surface area contributed by atoms with Crippen molar-refractivity contribution in [1.29, 1.82) is 0 Å². The predicted molar refractivity (Wildman–Crippen MR) is 143 cm³/mol. The Bertz CT molecular complexity index is 1380. The summed E-state index contributed by atoms with van der Waals surface area (Å²) >= 11 is 6.82. The second kappa shape index (κ2) is 10.9. The number of anilines is 2. The molecule has 1 heterocycles. The highest BCUT2D eigenvalue weighted by atomic mass is 79.9. The molecule has 0 atom stereocenters. The molecule has 2 N–H and O–H groups in total. The lowest BCUT2D eigenvalue weighted by Gasteiger charge is -2.26. The minimum absolute atomic E-state index is 0.205. The zero-order valence-corrected chi connectivity index (χ0v) is 22.1. The van der Waals surface area contributed by atoms with Gasteiger partial charge >= 0.3 is 6.03 Å². The number of para-hydroxylation sites is 1. The van der Waals surface area contributed by atoms with Crippen molar-refractivity contribution in [3.63, 3.8) is 0 Å². The second-order valence-corrected chi connectivity index (χ2v) is 9.52. The fourth-order valence-corrected chi connectivity index (χ4v) is 4.94. The summed E-state index contributed by atoms with van der Waals surface area (Å²) in [5, 5.41) is 4.96. The molecule has 5 amide bonds. The first-order valence-electron chi connectivity index (χ1n) is 10.7. The van der Waals surface area contributed by atoms with E-state index in [0.29, 0.717) is 31.6 Å². The molecule has 0 spiro atoms. The largest absolute Gasteiger partial charge is 0.481 e. The highest BCUT2D eigenvalue weighted by molar-refractivity contribution is 9.11. The number of nitrogens with one attached hydrogen (secondary N) is 2. The van der Waals surface area contributed by atoms with Crippen molar-refractivity contribution < 1.29 is 23.9 Å². The summed E-state index contributed by atoms with van der Waals surface area (Å²) in [7, 11) is 0. The van der Waals surface area contributed by atoms with Crippen LogP contribution in [0.1, 0.15) is 11.1 Å². The number of ether oxygens (including phenoxy) is 1. The van der Waals surface area contributed by atoms with Gasteiger partial charge in [-0.3, -0.25) is 19.7 Å².